The molecule has 8 heteroatoms. The standard InChI is InChI=1S/C17H18N6OS/c1-2-25-23-12-8-6-11(7-9-12)15-14(16(18)24)17(22-21-15)20-13-5-3-4-10-19-13/h3-10,23H,2H2,1H3,(H2,18,24)(H2,19,20,21,22). The first-order chi connectivity index (χ1) is 12.2. The molecular weight excluding hydrogens is 336 g/mol. The zero-order valence-electron chi connectivity index (χ0n) is 13.6. The summed E-state index contributed by atoms with van der Waals surface area (Å²) in [5, 5.41) is 10.1. The van der Waals surface area contributed by atoms with E-state index in [4.69, 9.17) is 5.73 Å². The largest absolute Gasteiger partial charge is 0.365 e. The predicted octanol–water partition coefficient (Wildman–Crippen LogP) is 3.39. The molecule has 3 rings (SSSR count). The molecule has 0 atom stereocenters. The number of anilines is 3. The Kier molecular flexibility index (Phi) is 5.20. The molecule has 0 unspecified atom stereocenters. The average molecular weight is 354 g/mol. The van der Waals surface area contributed by atoms with Crippen molar-refractivity contribution in [3.63, 3.8) is 0 Å². The molecule has 0 aliphatic heterocycles. The van der Waals surface area contributed by atoms with Crippen molar-refractivity contribution in [3.05, 3.63) is 54.2 Å². The van der Waals surface area contributed by atoms with Crippen LogP contribution in [0.2, 0.25) is 0 Å². The van der Waals surface area contributed by atoms with Gasteiger partial charge in [-0.25, -0.2) is 4.98 Å². The fourth-order valence-corrected chi connectivity index (χ4v) is 2.75. The van der Waals surface area contributed by atoms with Crippen LogP contribution >= 0.6 is 11.9 Å². The fourth-order valence-electron chi connectivity index (χ4n) is 2.30. The third-order valence-electron chi connectivity index (χ3n) is 3.43. The van der Waals surface area contributed by atoms with Gasteiger partial charge in [0.05, 0.1) is 5.69 Å². The zero-order valence-corrected chi connectivity index (χ0v) is 14.4. The number of benzene rings is 1. The van der Waals surface area contributed by atoms with E-state index >= 15 is 0 Å². The summed E-state index contributed by atoms with van der Waals surface area (Å²) in [6.07, 6.45) is 1.65. The molecule has 25 heavy (non-hydrogen) atoms. The van der Waals surface area contributed by atoms with Gasteiger partial charge in [-0.3, -0.25) is 9.89 Å². The number of primary amides is 1. The number of amides is 1. The Hall–Kier alpha value is -3.00. The first-order valence-corrected chi connectivity index (χ1v) is 8.72. The van der Waals surface area contributed by atoms with Gasteiger partial charge in [0, 0.05) is 23.2 Å². The highest BCUT2D eigenvalue weighted by Crippen LogP contribution is 2.29. The average Bonchev–Trinajstić information content (AvgIpc) is 3.05. The molecule has 1 amide bonds. The number of aromatic nitrogens is 3. The minimum absolute atomic E-state index is 0.300. The third-order valence-corrected chi connectivity index (χ3v) is 4.10. The summed E-state index contributed by atoms with van der Waals surface area (Å²) in [6.45, 7) is 2.08. The molecule has 0 fully saturated rings. The minimum atomic E-state index is -0.564. The van der Waals surface area contributed by atoms with Gasteiger partial charge in [-0.2, -0.15) is 5.10 Å². The maximum absolute atomic E-state index is 12.0. The van der Waals surface area contributed by atoms with Crippen LogP contribution in [-0.4, -0.2) is 26.8 Å². The Labute approximate surface area is 149 Å². The lowest BCUT2D eigenvalue weighted by molar-refractivity contribution is 0.100. The van der Waals surface area contributed by atoms with E-state index in [1.807, 2.05) is 36.4 Å². The maximum atomic E-state index is 12.0. The number of nitrogens with two attached hydrogens (primary N) is 1. The maximum Gasteiger partial charge on any atom is 0.254 e. The summed E-state index contributed by atoms with van der Waals surface area (Å²) >= 11 is 1.62. The summed E-state index contributed by atoms with van der Waals surface area (Å²) in [7, 11) is 0. The van der Waals surface area contributed by atoms with Crippen LogP contribution in [0.1, 0.15) is 17.3 Å². The highest BCUT2D eigenvalue weighted by molar-refractivity contribution is 8.00. The SMILES string of the molecule is CCSNc1ccc(-c2[nH]nc(Nc3ccccn3)c2C(N)=O)cc1. The van der Waals surface area contributed by atoms with Gasteiger partial charge in [0.15, 0.2) is 5.82 Å². The second-order valence-corrected chi connectivity index (χ2v) is 6.21. The lowest BCUT2D eigenvalue weighted by atomic mass is 10.1. The summed E-state index contributed by atoms with van der Waals surface area (Å²) in [5.74, 6) is 1.34. The molecule has 0 saturated heterocycles. The first-order valence-electron chi connectivity index (χ1n) is 7.73. The van der Waals surface area contributed by atoms with Gasteiger partial charge in [0.1, 0.15) is 11.4 Å². The number of aromatic amines is 1. The van der Waals surface area contributed by atoms with Crippen molar-refractivity contribution in [2.75, 3.05) is 15.8 Å². The monoisotopic (exact) mass is 354 g/mol. The highest BCUT2D eigenvalue weighted by Gasteiger charge is 2.20. The lowest BCUT2D eigenvalue weighted by Gasteiger charge is -2.06. The minimum Gasteiger partial charge on any atom is -0.365 e. The molecule has 128 valence electrons. The molecule has 0 aliphatic rings. The van der Waals surface area contributed by atoms with Crippen LogP contribution < -0.4 is 15.8 Å². The van der Waals surface area contributed by atoms with Crippen molar-refractivity contribution in [3.8, 4) is 11.3 Å². The number of pyridine rings is 1. The lowest BCUT2D eigenvalue weighted by Crippen LogP contribution is -2.13. The van der Waals surface area contributed by atoms with Crippen LogP contribution in [0, 0.1) is 0 Å². The molecule has 2 heterocycles. The number of hydrogen-bond donors (Lipinski definition) is 4. The number of nitrogens with zero attached hydrogens (tertiary/aromatic N) is 2. The molecule has 2 aromatic heterocycles. The Balaban J connectivity index is 1.90. The number of nitrogens with one attached hydrogen (secondary N) is 3. The Morgan fingerprint density at radius 2 is 2.04 bits per heavy atom. The molecule has 0 radical (unpaired) electrons. The molecule has 0 aliphatic carbocycles. The molecule has 1 aromatic carbocycles. The van der Waals surface area contributed by atoms with Crippen molar-refractivity contribution in [1.29, 1.82) is 0 Å². The van der Waals surface area contributed by atoms with Crippen LogP contribution in [0.25, 0.3) is 11.3 Å². The highest BCUT2D eigenvalue weighted by atomic mass is 32.2. The van der Waals surface area contributed by atoms with E-state index in [9.17, 15) is 4.79 Å². The normalized spacial score (nSPS) is 10.4. The summed E-state index contributed by atoms with van der Waals surface area (Å²) in [4.78, 5) is 16.1. The van der Waals surface area contributed by atoms with Crippen LogP contribution in [0.5, 0.6) is 0 Å². The third kappa shape index (κ3) is 3.92. The van der Waals surface area contributed by atoms with Crippen LogP contribution in [0.3, 0.4) is 0 Å². The van der Waals surface area contributed by atoms with Crippen molar-refractivity contribution in [2.24, 2.45) is 5.73 Å². The first kappa shape index (κ1) is 16.8. The van der Waals surface area contributed by atoms with Gasteiger partial charge in [-0.1, -0.05) is 37.1 Å². The van der Waals surface area contributed by atoms with Crippen molar-refractivity contribution < 1.29 is 4.79 Å². The van der Waals surface area contributed by atoms with Gasteiger partial charge in [0.25, 0.3) is 5.91 Å². The van der Waals surface area contributed by atoms with E-state index in [-0.39, 0.29) is 0 Å². The van der Waals surface area contributed by atoms with Crippen molar-refractivity contribution >= 4 is 35.2 Å². The molecule has 0 spiro atoms. The van der Waals surface area contributed by atoms with E-state index < -0.39 is 5.91 Å². The number of H-pyrrole nitrogens is 1. The van der Waals surface area contributed by atoms with E-state index in [0.717, 1.165) is 17.0 Å². The van der Waals surface area contributed by atoms with Crippen molar-refractivity contribution in [2.45, 2.75) is 6.92 Å². The fraction of sp³-hybridized carbons (Fsp3) is 0.118. The van der Waals surface area contributed by atoms with Gasteiger partial charge in [-0.15, -0.1) is 0 Å². The number of carbonyl (C=O) groups is 1. The number of rotatable bonds is 7. The summed E-state index contributed by atoms with van der Waals surface area (Å²) in [5.41, 5.74) is 8.25. The molecule has 5 N–H and O–H groups in total. The van der Waals surface area contributed by atoms with E-state index in [1.165, 1.54) is 0 Å². The van der Waals surface area contributed by atoms with E-state index in [0.29, 0.717) is 22.9 Å². The van der Waals surface area contributed by atoms with Crippen LogP contribution in [0.15, 0.2) is 48.7 Å². The molecule has 3 aromatic rings. The number of hydrogen-bond acceptors (Lipinski definition) is 6. The van der Waals surface area contributed by atoms with Crippen molar-refractivity contribution in [1.82, 2.24) is 15.2 Å². The quantitative estimate of drug-likeness (QED) is 0.484. The van der Waals surface area contributed by atoms with Gasteiger partial charge >= 0.3 is 0 Å². The van der Waals surface area contributed by atoms with Gasteiger partial charge < -0.3 is 15.8 Å². The van der Waals surface area contributed by atoms with Crippen LogP contribution in [-0.2, 0) is 0 Å². The van der Waals surface area contributed by atoms with Crippen LogP contribution in [0.4, 0.5) is 17.3 Å². The van der Waals surface area contributed by atoms with Gasteiger partial charge in [-0.05, 0) is 24.3 Å². The molecule has 0 saturated carbocycles. The van der Waals surface area contributed by atoms with Gasteiger partial charge in [0.2, 0.25) is 0 Å². The zero-order chi connectivity index (χ0) is 17.6. The topological polar surface area (TPSA) is 109 Å². The summed E-state index contributed by atoms with van der Waals surface area (Å²) < 4.78 is 3.23. The smallest absolute Gasteiger partial charge is 0.254 e. The Morgan fingerprint density at radius 3 is 2.68 bits per heavy atom. The summed E-state index contributed by atoms with van der Waals surface area (Å²) in [6, 6.07) is 13.1. The van der Waals surface area contributed by atoms with E-state index in [1.54, 1.807) is 24.2 Å². The Morgan fingerprint density at radius 1 is 1.24 bits per heavy atom. The molecular formula is C17H18N6OS. The predicted molar refractivity (Wildman–Crippen MR) is 102 cm³/mol. The second-order valence-electron chi connectivity index (χ2n) is 5.14. The Bertz CT molecular complexity index is 847. The molecule has 0 bridgehead atoms. The second kappa shape index (κ2) is 7.71. The number of carbonyl (C=O) groups excluding carboxylic acids is 1. The molecule has 7 nitrogen and oxygen atoms in total. The van der Waals surface area contributed by atoms with E-state index in [2.05, 4.69) is 32.1 Å².